The van der Waals surface area contributed by atoms with Crippen molar-refractivity contribution in [1.29, 1.82) is 0 Å². The van der Waals surface area contributed by atoms with E-state index in [1.165, 1.54) is 6.92 Å². The molecule has 0 aromatic rings. The number of aliphatic carboxylic acids is 1. The molecule has 0 fully saturated rings. The predicted octanol–water partition coefficient (Wildman–Crippen LogP) is 2.43. The van der Waals surface area contributed by atoms with E-state index in [1.54, 1.807) is 41.5 Å². The van der Waals surface area contributed by atoms with Gasteiger partial charge in [0, 0.05) is 5.75 Å². The fourth-order valence-corrected chi connectivity index (χ4v) is 2.15. The predicted molar refractivity (Wildman–Crippen MR) is 88.6 cm³/mol. The Kier molecular flexibility index (Phi) is 7.90. The molecule has 2 atom stereocenters. The molecule has 134 valence electrons. The molecule has 0 aromatic heterocycles. The van der Waals surface area contributed by atoms with Crippen LogP contribution in [-0.4, -0.2) is 51.4 Å². The van der Waals surface area contributed by atoms with Crippen LogP contribution < -0.4 is 5.32 Å². The van der Waals surface area contributed by atoms with Crippen LogP contribution in [0.1, 0.15) is 48.5 Å². The van der Waals surface area contributed by atoms with Crippen molar-refractivity contribution in [3.63, 3.8) is 0 Å². The minimum absolute atomic E-state index is 0.0711. The molecule has 0 radical (unpaired) electrons. The first-order chi connectivity index (χ1) is 10.2. The molecular weight excluding hydrogens is 322 g/mol. The van der Waals surface area contributed by atoms with Gasteiger partial charge >= 0.3 is 18.0 Å². The van der Waals surface area contributed by atoms with Crippen LogP contribution in [0.25, 0.3) is 0 Å². The van der Waals surface area contributed by atoms with Crippen molar-refractivity contribution in [3.05, 3.63) is 0 Å². The third-order valence-electron chi connectivity index (χ3n) is 2.24. The molecule has 2 N–H and O–H groups in total. The van der Waals surface area contributed by atoms with Gasteiger partial charge in [0.2, 0.25) is 0 Å². The second kappa shape index (κ2) is 8.42. The number of rotatable bonds is 6. The Morgan fingerprint density at radius 3 is 1.91 bits per heavy atom. The molecule has 0 heterocycles. The first-order valence-corrected chi connectivity index (χ1v) is 8.33. The van der Waals surface area contributed by atoms with E-state index in [-0.39, 0.29) is 5.75 Å². The molecule has 23 heavy (non-hydrogen) atoms. The van der Waals surface area contributed by atoms with Crippen molar-refractivity contribution in [1.82, 2.24) is 5.32 Å². The summed E-state index contributed by atoms with van der Waals surface area (Å²) >= 11 is 1.04. The van der Waals surface area contributed by atoms with Gasteiger partial charge < -0.3 is 19.9 Å². The number of carbonyl (C=O) groups excluding carboxylic acids is 2. The van der Waals surface area contributed by atoms with Gasteiger partial charge in [0.15, 0.2) is 0 Å². The Balaban J connectivity index is 4.89. The standard InChI is InChI=1S/C15H27NO6S/c1-9(11(17)18)23-8-10(12(19)21-14(2,3)4)16-13(20)22-15(5,6)7/h9-10H,8H2,1-7H3,(H,16,20)(H,17,18)/t9-,10-/m0/s1. The highest BCUT2D eigenvalue weighted by atomic mass is 32.2. The molecule has 0 saturated heterocycles. The number of thioether (sulfide) groups is 1. The Labute approximate surface area is 141 Å². The summed E-state index contributed by atoms with van der Waals surface area (Å²) in [7, 11) is 0. The van der Waals surface area contributed by atoms with Crippen LogP contribution in [0.4, 0.5) is 4.79 Å². The summed E-state index contributed by atoms with van der Waals surface area (Å²) in [5.74, 6) is -1.55. The van der Waals surface area contributed by atoms with Crippen LogP contribution in [-0.2, 0) is 19.1 Å². The number of esters is 1. The SMILES string of the molecule is C[C@H](SC[C@H](NC(=O)OC(C)(C)C)C(=O)OC(C)(C)C)C(=O)O. The van der Waals surface area contributed by atoms with Crippen molar-refractivity contribution in [2.45, 2.75) is 71.0 Å². The third kappa shape index (κ3) is 10.8. The van der Waals surface area contributed by atoms with Gasteiger partial charge in [-0.15, -0.1) is 11.8 Å². The van der Waals surface area contributed by atoms with Gasteiger partial charge in [-0.1, -0.05) is 0 Å². The van der Waals surface area contributed by atoms with Gasteiger partial charge in [-0.25, -0.2) is 9.59 Å². The lowest BCUT2D eigenvalue weighted by molar-refractivity contribution is -0.156. The highest BCUT2D eigenvalue weighted by Gasteiger charge is 2.29. The second-order valence-corrected chi connectivity index (χ2v) is 8.42. The zero-order valence-electron chi connectivity index (χ0n) is 14.8. The molecule has 0 aliphatic carbocycles. The van der Waals surface area contributed by atoms with Crippen molar-refractivity contribution < 1.29 is 29.0 Å². The number of nitrogens with one attached hydrogen (secondary N) is 1. The molecule has 1 amide bonds. The summed E-state index contributed by atoms with van der Waals surface area (Å²) in [6, 6.07) is -0.990. The summed E-state index contributed by atoms with van der Waals surface area (Å²) in [5.41, 5.74) is -1.42. The monoisotopic (exact) mass is 349 g/mol. The third-order valence-corrected chi connectivity index (χ3v) is 3.47. The smallest absolute Gasteiger partial charge is 0.408 e. The zero-order chi connectivity index (χ0) is 18.4. The van der Waals surface area contributed by atoms with Crippen LogP contribution in [0.15, 0.2) is 0 Å². The minimum Gasteiger partial charge on any atom is -0.480 e. The van der Waals surface area contributed by atoms with Gasteiger partial charge in [0.1, 0.15) is 17.2 Å². The Morgan fingerprint density at radius 2 is 1.52 bits per heavy atom. The number of carbonyl (C=O) groups is 3. The van der Waals surface area contributed by atoms with Gasteiger partial charge in [-0.2, -0.15) is 0 Å². The molecular formula is C15H27NO6S. The Hall–Kier alpha value is -1.44. The molecule has 0 bridgehead atoms. The summed E-state index contributed by atoms with van der Waals surface area (Å²) < 4.78 is 10.4. The number of hydrogen-bond donors (Lipinski definition) is 2. The average Bonchev–Trinajstić information content (AvgIpc) is 2.28. The van der Waals surface area contributed by atoms with Gasteiger partial charge in [-0.05, 0) is 48.5 Å². The van der Waals surface area contributed by atoms with E-state index in [2.05, 4.69) is 5.32 Å². The number of hydrogen-bond acceptors (Lipinski definition) is 6. The van der Waals surface area contributed by atoms with E-state index in [4.69, 9.17) is 14.6 Å². The first-order valence-electron chi connectivity index (χ1n) is 7.28. The van der Waals surface area contributed by atoms with E-state index >= 15 is 0 Å². The van der Waals surface area contributed by atoms with Crippen molar-refractivity contribution >= 4 is 29.8 Å². The van der Waals surface area contributed by atoms with Crippen molar-refractivity contribution in [2.75, 3.05) is 5.75 Å². The molecule has 0 saturated carbocycles. The van der Waals surface area contributed by atoms with Crippen LogP contribution in [0, 0.1) is 0 Å². The number of ether oxygens (including phenoxy) is 2. The molecule has 0 unspecified atom stereocenters. The fourth-order valence-electron chi connectivity index (χ4n) is 1.30. The number of carboxylic acids is 1. The lowest BCUT2D eigenvalue weighted by Crippen LogP contribution is -2.47. The molecule has 7 nitrogen and oxygen atoms in total. The van der Waals surface area contributed by atoms with E-state index in [1.807, 2.05) is 0 Å². The normalized spacial score (nSPS) is 14.6. The second-order valence-electron chi connectivity index (χ2n) is 7.05. The average molecular weight is 349 g/mol. The molecule has 0 aliphatic heterocycles. The van der Waals surface area contributed by atoms with Crippen molar-refractivity contribution in [3.8, 4) is 0 Å². The lowest BCUT2D eigenvalue weighted by Gasteiger charge is -2.26. The summed E-state index contributed by atoms with van der Waals surface area (Å²) in [6.07, 6.45) is -0.753. The molecule has 8 heteroatoms. The Morgan fingerprint density at radius 1 is 1.04 bits per heavy atom. The summed E-state index contributed by atoms with van der Waals surface area (Å²) in [6.45, 7) is 11.8. The fraction of sp³-hybridized carbons (Fsp3) is 0.800. The molecule has 0 aromatic carbocycles. The van der Waals surface area contributed by atoms with E-state index in [0.717, 1.165) is 11.8 Å². The van der Waals surface area contributed by atoms with Crippen LogP contribution in [0.3, 0.4) is 0 Å². The van der Waals surface area contributed by atoms with Gasteiger partial charge in [0.25, 0.3) is 0 Å². The van der Waals surface area contributed by atoms with Crippen molar-refractivity contribution in [2.24, 2.45) is 0 Å². The zero-order valence-corrected chi connectivity index (χ0v) is 15.6. The largest absolute Gasteiger partial charge is 0.480 e. The van der Waals surface area contributed by atoms with E-state index in [0.29, 0.717) is 0 Å². The topological polar surface area (TPSA) is 102 Å². The number of alkyl carbamates (subject to hydrolysis) is 1. The quantitative estimate of drug-likeness (QED) is 0.710. The lowest BCUT2D eigenvalue weighted by atomic mass is 10.2. The first kappa shape index (κ1) is 21.6. The highest BCUT2D eigenvalue weighted by Crippen LogP contribution is 2.16. The highest BCUT2D eigenvalue weighted by molar-refractivity contribution is 8.00. The Bertz CT molecular complexity index is 438. The number of carboxylic acid groups (broad SMARTS) is 1. The van der Waals surface area contributed by atoms with Gasteiger partial charge in [-0.3, -0.25) is 4.79 Å². The maximum absolute atomic E-state index is 12.2. The number of amides is 1. The van der Waals surface area contributed by atoms with E-state index in [9.17, 15) is 14.4 Å². The molecule has 0 aliphatic rings. The molecule has 0 spiro atoms. The van der Waals surface area contributed by atoms with Gasteiger partial charge in [0.05, 0.1) is 5.25 Å². The van der Waals surface area contributed by atoms with Crippen LogP contribution in [0.2, 0.25) is 0 Å². The van der Waals surface area contributed by atoms with E-state index < -0.39 is 40.5 Å². The summed E-state index contributed by atoms with van der Waals surface area (Å²) in [5, 5.41) is 10.6. The summed E-state index contributed by atoms with van der Waals surface area (Å²) in [4.78, 5) is 34.9. The maximum Gasteiger partial charge on any atom is 0.408 e. The minimum atomic E-state index is -0.991. The molecule has 0 rings (SSSR count). The maximum atomic E-state index is 12.2. The van der Waals surface area contributed by atoms with Crippen LogP contribution >= 0.6 is 11.8 Å². The van der Waals surface area contributed by atoms with Crippen LogP contribution in [0.5, 0.6) is 0 Å².